The standard InChI is InChI=1S/C17H10O3.CH4O/c18-9-3-4-11-7-8-13-12-5-1-2-6-14(12)16(19)17(20)15(13)10-11;1-2/h1-3,5-8,10H,4H2;2H,1H3. The Kier molecular flexibility index (Phi) is 4.79. The molecule has 0 atom stereocenters. The quantitative estimate of drug-likeness (QED) is 0.681. The summed E-state index contributed by atoms with van der Waals surface area (Å²) in [5, 5.41) is 7.00. The summed E-state index contributed by atoms with van der Waals surface area (Å²) >= 11 is 0. The van der Waals surface area contributed by atoms with Crippen molar-refractivity contribution in [2.75, 3.05) is 7.11 Å². The molecule has 0 bridgehead atoms. The van der Waals surface area contributed by atoms with Gasteiger partial charge in [0.05, 0.1) is 0 Å². The number of aliphatic hydroxyl groups is 1. The van der Waals surface area contributed by atoms with Gasteiger partial charge in [-0.3, -0.25) is 9.59 Å². The van der Waals surface area contributed by atoms with E-state index in [-0.39, 0.29) is 0 Å². The summed E-state index contributed by atoms with van der Waals surface area (Å²) in [4.78, 5) is 34.5. The summed E-state index contributed by atoms with van der Waals surface area (Å²) < 4.78 is 0. The Bertz CT molecular complexity index is 783. The van der Waals surface area contributed by atoms with Crippen LogP contribution in [-0.4, -0.2) is 29.7 Å². The van der Waals surface area contributed by atoms with Gasteiger partial charge in [-0.25, -0.2) is 4.79 Å². The van der Waals surface area contributed by atoms with Gasteiger partial charge in [0.2, 0.25) is 11.6 Å². The molecule has 1 aliphatic carbocycles. The predicted molar refractivity (Wildman–Crippen MR) is 82.6 cm³/mol. The van der Waals surface area contributed by atoms with Gasteiger partial charge in [-0.1, -0.05) is 36.4 Å². The number of Topliss-reactive ketones (excluding diaryl/α,β-unsaturated/α-hetero) is 2. The second-order valence-electron chi connectivity index (χ2n) is 4.61. The van der Waals surface area contributed by atoms with Crippen molar-refractivity contribution in [2.24, 2.45) is 0 Å². The summed E-state index contributed by atoms with van der Waals surface area (Å²) in [6, 6.07) is 12.5. The number of aliphatic hydroxyl groups excluding tert-OH is 1. The predicted octanol–water partition coefficient (Wildman–Crippen LogP) is 2.27. The smallest absolute Gasteiger partial charge is 0.234 e. The van der Waals surface area contributed by atoms with Crippen LogP contribution in [0.25, 0.3) is 11.1 Å². The van der Waals surface area contributed by atoms with E-state index in [1.165, 1.54) is 6.08 Å². The number of allylic oxidation sites excluding steroid dienone is 1. The highest BCUT2D eigenvalue weighted by molar-refractivity contribution is 6.53. The lowest BCUT2D eigenvalue weighted by Crippen LogP contribution is -2.21. The highest BCUT2D eigenvalue weighted by Gasteiger charge is 2.29. The first-order valence-electron chi connectivity index (χ1n) is 6.68. The van der Waals surface area contributed by atoms with Gasteiger partial charge in [-0.2, -0.15) is 0 Å². The number of carbonyl (C=O) groups is 2. The van der Waals surface area contributed by atoms with Crippen LogP contribution < -0.4 is 0 Å². The summed E-state index contributed by atoms with van der Waals surface area (Å²) in [7, 11) is 1.00. The van der Waals surface area contributed by atoms with Gasteiger partial charge in [0.1, 0.15) is 5.94 Å². The lowest BCUT2D eigenvalue weighted by molar-refractivity contribution is 0.0815. The Hall–Kier alpha value is -2.81. The normalized spacial score (nSPS) is 11.5. The summed E-state index contributed by atoms with van der Waals surface area (Å²) in [6.07, 6.45) is 1.75. The van der Waals surface area contributed by atoms with E-state index in [4.69, 9.17) is 5.11 Å². The minimum Gasteiger partial charge on any atom is -0.400 e. The maximum absolute atomic E-state index is 12.2. The van der Waals surface area contributed by atoms with Crippen molar-refractivity contribution in [3.05, 3.63) is 65.2 Å². The van der Waals surface area contributed by atoms with Crippen molar-refractivity contribution in [2.45, 2.75) is 6.42 Å². The average molecular weight is 294 g/mol. The largest absolute Gasteiger partial charge is 0.400 e. The van der Waals surface area contributed by atoms with Crippen LogP contribution in [0.4, 0.5) is 0 Å². The number of fused-ring (bicyclic) bond motifs is 3. The highest BCUT2D eigenvalue weighted by atomic mass is 16.2. The monoisotopic (exact) mass is 294 g/mol. The molecule has 0 aliphatic heterocycles. The maximum atomic E-state index is 12.2. The molecule has 0 saturated carbocycles. The third kappa shape index (κ3) is 2.66. The molecule has 0 spiro atoms. The summed E-state index contributed by atoms with van der Waals surface area (Å²) in [5.74, 6) is 0.739. The van der Waals surface area contributed by atoms with Crippen LogP contribution in [-0.2, 0) is 11.2 Å². The fraction of sp³-hybridized carbons (Fsp3) is 0.111. The van der Waals surface area contributed by atoms with E-state index < -0.39 is 11.6 Å². The van der Waals surface area contributed by atoms with Crippen LogP contribution in [0.2, 0.25) is 0 Å². The second kappa shape index (κ2) is 6.76. The molecule has 1 N–H and O–H groups in total. The molecule has 1 aliphatic rings. The third-order valence-electron chi connectivity index (χ3n) is 3.42. The van der Waals surface area contributed by atoms with Crippen LogP contribution >= 0.6 is 0 Å². The number of rotatable bonds is 2. The number of hydrogen-bond acceptors (Lipinski definition) is 4. The van der Waals surface area contributed by atoms with Crippen LogP contribution in [0.3, 0.4) is 0 Å². The molecule has 0 unspecified atom stereocenters. The van der Waals surface area contributed by atoms with E-state index in [0.717, 1.165) is 23.8 Å². The Labute approximate surface area is 127 Å². The molecule has 2 aromatic rings. The van der Waals surface area contributed by atoms with Gasteiger partial charge in [-0.15, -0.1) is 0 Å². The number of carbonyl (C=O) groups excluding carboxylic acids is 3. The van der Waals surface area contributed by atoms with E-state index in [0.29, 0.717) is 17.5 Å². The number of ketones is 2. The second-order valence-corrected chi connectivity index (χ2v) is 4.61. The maximum Gasteiger partial charge on any atom is 0.234 e. The first-order chi connectivity index (χ1) is 10.7. The lowest BCUT2D eigenvalue weighted by atomic mass is 9.83. The van der Waals surface area contributed by atoms with Gasteiger partial charge in [0.25, 0.3) is 0 Å². The Balaban J connectivity index is 0.000000847. The molecule has 110 valence electrons. The molecular formula is C18H14O4. The van der Waals surface area contributed by atoms with Crippen LogP contribution in [0.15, 0.2) is 48.5 Å². The van der Waals surface area contributed by atoms with Gasteiger partial charge in [0.15, 0.2) is 0 Å². The minimum atomic E-state index is -0.490. The fourth-order valence-corrected chi connectivity index (χ4v) is 2.46. The molecule has 0 saturated heterocycles. The van der Waals surface area contributed by atoms with Crippen molar-refractivity contribution in [3.63, 3.8) is 0 Å². The zero-order valence-corrected chi connectivity index (χ0v) is 12.0. The first kappa shape index (κ1) is 15.6. The van der Waals surface area contributed by atoms with Gasteiger partial charge in [0, 0.05) is 30.7 Å². The van der Waals surface area contributed by atoms with E-state index in [9.17, 15) is 14.4 Å². The molecule has 0 fully saturated rings. The average Bonchev–Trinajstić information content (AvgIpc) is 2.59. The van der Waals surface area contributed by atoms with Crippen LogP contribution in [0.5, 0.6) is 0 Å². The number of benzene rings is 2. The van der Waals surface area contributed by atoms with Crippen molar-refractivity contribution >= 4 is 17.5 Å². The Morgan fingerprint density at radius 2 is 1.50 bits per heavy atom. The van der Waals surface area contributed by atoms with E-state index in [1.54, 1.807) is 24.1 Å². The van der Waals surface area contributed by atoms with Gasteiger partial charge in [-0.05, 0) is 22.8 Å². The van der Waals surface area contributed by atoms with E-state index in [2.05, 4.69) is 0 Å². The van der Waals surface area contributed by atoms with E-state index >= 15 is 0 Å². The zero-order chi connectivity index (χ0) is 16.1. The number of hydrogen-bond donors (Lipinski definition) is 1. The molecule has 4 nitrogen and oxygen atoms in total. The van der Waals surface area contributed by atoms with Crippen molar-refractivity contribution in [1.29, 1.82) is 0 Å². The Morgan fingerprint density at radius 1 is 0.909 bits per heavy atom. The highest BCUT2D eigenvalue weighted by Crippen LogP contribution is 2.33. The molecule has 0 aromatic heterocycles. The van der Waals surface area contributed by atoms with Gasteiger partial charge >= 0.3 is 0 Å². The zero-order valence-electron chi connectivity index (χ0n) is 12.0. The molecule has 0 amide bonds. The minimum absolute atomic E-state index is 0.403. The summed E-state index contributed by atoms with van der Waals surface area (Å²) in [5.41, 5.74) is 3.22. The van der Waals surface area contributed by atoms with Crippen LogP contribution in [0.1, 0.15) is 26.3 Å². The molecule has 0 heterocycles. The molecule has 4 heteroatoms. The van der Waals surface area contributed by atoms with Gasteiger partial charge < -0.3 is 5.11 Å². The molecule has 3 rings (SSSR count). The topological polar surface area (TPSA) is 71.4 Å². The Morgan fingerprint density at radius 3 is 2.18 bits per heavy atom. The first-order valence-corrected chi connectivity index (χ1v) is 6.68. The molecule has 2 aromatic carbocycles. The summed E-state index contributed by atoms with van der Waals surface area (Å²) in [6.45, 7) is 0. The van der Waals surface area contributed by atoms with Crippen molar-refractivity contribution in [3.8, 4) is 11.1 Å². The van der Waals surface area contributed by atoms with E-state index in [1.807, 2.05) is 24.3 Å². The lowest BCUT2D eigenvalue weighted by Gasteiger charge is -2.18. The van der Waals surface area contributed by atoms with Crippen LogP contribution in [0, 0.1) is 0 Å². The fourth-order valence-electron chi connectivity index (χ4n) is 2.46. The SMILES string of the molecule is CO.O=C=CCc1ccc2c(c1)C(=O)C(=O)c1ccccc1-2. The van der Waals surface area contributed by atoms with Crippen molar-refractivity contribution in [1.82, 2.24) is 0 Å². The molecular weight excluding hydrogens is 280 g/mol. The van der Waals surface area contributed by atoms with Crippen molar-refractivity contribution < 1.29 is 19.5 Å². The third-order valence-corrected chi connectivity index (χ3v) is 3.42. The molecule has 22 heavy (non-hydrogen) atoms. The molecule has 0 radical (unpaired) electrons.